The van der Waals surface area contributed by atoms with E-state index in [0.29, 0.717) is 28.0 Å². The molecule has 2 heterocycles. The molecule has 2 amide bonds. The number of fused-ring (bicyclic) bond motifs is 1. The van der Waals surface area contributed by atoms with Crippen LogP contribution in [0, 0.1) is 0 Å². The lowest BCUT2D eigenvalue weighted by Crippen LogP contribution is -2.13. The van der Waals surface area contributed by atoms with Crippen LogP contribution in [0.15, 0.2) is 79.1 Å². The number of rotatable bonds is 4. The average Bonchev–Trinajstić information content (AvgIpc) is 2.74. The van der Waals surface area contributed by atoms with Crippen molar-refractivity contribution < 1.29 is 14.7 Å². The fourth-order valence-electron chi connectivity index (χ4n) is 2.85. The highest BCUT2D eigenvalue weighted by Gasteiger charge is 2.15. The van der Waals surface area contributed by atoms with Crippen LogP contribution < -0.4 is 10.6 Å². The van der Waals surface area contributed by atoms with E-state index in [0.717, 1.165) is 0 Å². The Balaban J connectivity index is 1.63. The number of nitrogens with zero attached hydrogens (tertiary/aromatic N) is 2. The summed E-state index contributed by atoms with van der Waals surface area (Å²) in [5, 5.41) is 17.0. The van der Waals surface area contributed by atoms with Gasteiger partial charge in [0.2, 0.25) is 0 Å². The second-order valence-electron chi connectivity index (χ2n) is 6.27. The van der Waals surface area contributed by atoms with E-state index in [4.69, 9.17) is 0 Å². The first kappa shape index (κ1) is 18.1. The van der Waals surface area contributed by atoms with Crippen molar-refractivity contribution in [3.05, 3.63) is 90.3 Å². The number of hydrogen-bond donors (Lipinski definition) is 3. The Kier molecular flexibility index (Phi) is 4.86. The first-order valence-corrected chi connectivity index (χ1v) is 8.82. The molecule has 2 aromatic carbocycles. The molecule has 0 atom stereocenters. The number of nitrogens with one attached hydrogen (secondary N) is 2. The van der Waals surface area contributed by atoms with Crippen molar-refractivity contribution in [2.75, 3.05) is 10.6 Å². The van der Waals surface area contributed by atoms with Gasteiger partial charge in [-0.25, -0.2) is 9.97 Å². The molecule has 0 spiro atoms. The number of anilines is 2. The minimum atomic E-state index is -0.494. The number of hydrogen-bond acceptors (Lipinski definition) is 5. The highest BCUT2D eigenvalue weighted by Crippen LogP contribution is 2.27. The summed E-state index contributed by atoms with van der Waals surface area (Å²) in [6.07, 6.45) is 3.15. The minimum Gasteiger partial charge on any atom is -0.507 e. The van der Waals surface area contributed by atoms with E-state index in [-0.39, 0.29) is 17.2 Å². The van der Waals surface area contributed by atoms with Crippen molar-refractivity contribution in [3.8, 4) is 5.75 Å². The molecule has 4 aromatic rings. The molecule has 0 aliphatic heterocycles. The lowest BCUT2D eigenvalue weighted by molar-refractivity contribution is 0.101. The first-order chi connectivity index (χ1) is 14.1. The Labute approximate surface area is 166 Å². The van der Waals surface area contributed by atoms with Gasteiger partial charge in [0.25, 0.3) is 11.8 Å². The lowest BCUT2D eigenvalue weighted by atomic mass is 10.0. The largest absolute Gasteiger partial charge is 0.507 e. The summed E-state index contributed by atoms with van der Waals surface area (Å²) in [6.45, 7) is 0. The van der Waals surface area contributed by atoms with E-state index in [9.17, 15) is 14.7 Å². The highest BCUT2D eigenvalue weighted by molar-refractivity contribution is 6.10. The van der Waals surface area contributed by atoms with Crippen molar-refractivity contribution in [1.29, 1.82) is 0 Å². The van der Waals surface area contributed by atoms with Crippen LogP contribution in [0.1, 0.15) is 20.7 Å². The summed E-state index contributed by atoms with van der Waals surface area (Å²) >= 11 is 0. The Hall–Kier alpha value is -4.26. The molecule has 7 heteroatoms. The van der Waals surface area contributed by atoms with Crippen molar-refractivity contribution >= 4 is 34.2 Å². The third-order valence-corrected chi connectivity index (χ3v) is 4.27. The van der Waals surface area contributed by atoms with Crippen LogP contribution >= 0.6 is 0 Å². The molecule has 0 saturated heterocycles. The van der Waals surface area contributed by atoms with Gasteiger partial charge in [-0.3, -0.25) is 9.59 Å². The zero-order valence-electron chi connectivity index (χ0n) is 15.2. The van der Waals surface area contributed by atoms with Crippen LogP contribution in [-0.2, 0) is 0 Å². The number of carbonyl (C=O) groups is 2. The Morgan fingerprint density at radius 1 is 0.724 bits per heavy atom. The molecule has 142 valence electrons. The summed E-state index contributed by atoms with van der Waals surface area (Å²) < 4.78 is 0. The molecular formula is C22H16N4O3. The van der Waals surface area contributed by atoms with E-state index in [1.165, 1.54) is 6.07 Å². The third-order valence-electron chi connectivity index (χ3n) is 4.27. The quantitative estimate of drug-likeness (QED) is 0.496. The van der Waals surface area contributed by atoms with Crippen LogP contribution in [0.25, 0.3) is 10.8 Å². The van der Waals surface area contributed by atoms with E-state index in [1.54, 1.807) is 73.1 Å². The van der Waals surface area contributed by atoms with Crippen LogP contribution in [0.5, 0.6) is 5.75 Å². The third kappa shape index (κ3) is 4.03. The average molecular weight is 384 g/mol. The van der Waals surface area contributed by atoms with Gasteiger partial charge in [-0.15, -0.1) is 0 Å². The molecule has 29 heavy (non-hydrogen) atoms. The molecule has 0 saturated carbocycles. The number of benzene rings is 2. The molecule has 4 rings (SSSR count). The van der Waals surface area contributed by atoms with Crippen LogP contribution in [0.2, 0.25) is 0 Å². The minimum absolute atomic E-state index is 0.0884. The monoisotopic (exact) mass is 384 g/mol. The van der Waals surface area contributed by atoms with E-state index < -0.39 is 5.91 Å². The predicted molar refractivity (Wildman–Crippen MR) is 110 cm³/mol. The number of amides is 2. The van der Waals surface area contributed by atoms with Crippen molar-refractivity contribution in [1.82, 2.24) is 9.97 Å². The molecule has 0 bridgehead atoms. The van der Waals surface area contributed by atoms with Gasteiger partial charge in [0.15, 0.2) is 0 Å². The molecule has 3 N–H and O–H groups in total. The van der Waals surface area contributed by atoms with Crippen molar-refractivity contribution in [2.45, 2.75) is 0 Å². The lowest BCUT2D eigenvalue weighted by Gasteiger charge is -2.09. The van der Waals surface area contributed by atoms with Gasteiger partial charge < -0.3 is 15.7 Å². The Bertz CT molecular complexity index is 1190. The van der Waals surface area contributed by atoms with Gasteiger partial charge in [-0.05, 0) is 59.3 Å². The smallest absolute Gasteiger partial charge is 0.260 e. The van der Waals surface area contributed by atoms with Gasteiger partial charge in [-0.1, -0.05) is 18.2 Å². The van der Waals surface area contributed by atoms with Crippen molar-refractivity contribution in [2.24, 2.45) is 0 Å². The number of aromatic nitrogens is 2. The zero-order valence-corrected chi connectivity index (χ0v) is 15.2. The van der Waals surface area contributed by atoms with Crippen LogP contribution in [0.3, 0.4) is 0 Å². The summed E-state index contributed by atoms with van der Waals surface area (Å²) in [5.74, 6) is -0.152. The SMILES string of the molecule is O=C(Nc1ccccn1)c1ccc2cc(O)c(C(=O)Nc3ccccn3)cc2c1. The number of pyridine rings is 2. The van der Waals surface area contributed by atoms with Gasteiger partial charge in [0.1, 0.15) is 17.4 Å². The van der Waals surface area contributed by atoms with E-state index >= 15 is 0 Å². The summed E-state index contributed by atoms with van der Waals surface area (Å²) in [4.78, 5) is 33.1. The van der Waals surface area contributed by atoms with Gasteiger partial charge >= 0.3 is 0 Å². The molecule has 0 aliphatic rings. The Morgan fingerprint density at radius 2 is 1.38 bits per heavy atom. The van der Waals surface area contributed by atoms with E-state index in [2.05, 4.69) is 20.6 Å². The number of phenolic OH excluding ortho intramolecular Hbond substituents is 1. The molecule has 0 fully saturated rings. The Morgan fingerprint density at radius 3 is 2.00 bits per heavy atom. The van der Waals surface area contributed by atoms with Gasteiger partial charge in [0.05, 0.1) is 5.56 Å². The summed E-state index contributed by atoms with van der Waals surface area (Å²) in [7, 11) is 0. The van der Waals surface area contributed by atoms with Crippen molar-refractivity contribution in [3.63, 3.8) is 0 Å². The van der Waals surface area contributed by atoms with Gasteiger partial charge in [0, 0.05) is 18.0 Å². The summed E-state index contributed by atoms with van der Waals surface area (Å²) in [6, 6.07) is 18.4. The number of phenols is 1. The standard InChI is InChI=1S/C22H16N4O3/c27-18-13-14-7-8-15(21(28)25-19-5-1-3-9-23-19)11-16(14)12-17(18)22(29)26-20-6-2-4-10-24-20/h1-13,27H,(H,23,25,28)(H,24,26,29). The normalized spacial score (nSPS) is 10.5. The maximum atomic E-state index is 12.5. The highest BCUT2D eigenvalue weighted by atomic mass is 16.3. The fraction of sp³-hybridized carbons (Fsp3) is 0. The zero-order chi connectivity index (χ0) is 20.2. The second kappa shape index (κ2) is 7.77. The second-order valence-corrected chi connectivity index (χ2v) is 6.27. The molecular weight excluding hydrogens is 368 g/mol. The molecule has 2 aromatic heterocycles. The maximum Gasteiger partial charge on any atom is 0.260 e. The maximum absolute atomic E-state index is 12.5. The summed E-state index contributed by atoms with van der Waals surface area (Å²) in [5.41, 5.74) is 0.496. The molecule has 0 aliphatic carbocycles. The number of aromatic hydroxyl groups is 1. The van der Waals surface area contributed by atoms with Crippen LogP contribution in [0.4, 0.5) is 11.6 Å². The van der Waals surface area contributed by atoms with E-state index in [1.807, 2.05) is 0 Å². The molecule has 7 nitrogen and oxygen atoms in total. The molecule has 0 radical (unpaired) electrons. The molecule has 0 unspecified atom stereocenters. The van der Waals surface area contributed by atoms with Gasteiger partial charge in [-0.2, -0.15) is 0 Å². The van der Waals surface area contributed by atoms with Crippen LogP contribution in [-0.4, -0.2) is 26.9 Å². The fourth-order valence-corrected chi connectivity index (χ4v) is 2.85. The first-order valence-electron chi connectivity index (χ1n) is 8.82. The predicted octanol–water partition coefficient (Wildman–Crippen LogP) is 3.84. The number of carbonyl (C=O) groups excluding carboxylic acids is 2. The topological polar surface area (TPSA) is 104 Å².